The minimum Gasteiger partial charge on any atom is -0.379 e. The molecule has 1 aliphatic heterocycles. The Kier molecular flexibility index (Phi) is 7.12. The van der Waals surface area contributed by atoms with E-state index < -0.39 is 29.4 Å². The fourth-order valence-electron chi connectivity index (χ4n) is 2.25. The number of hydrogen-bond acceptors (Lipinski definition) is 8. The van der Waals surface area contributed by atoms with Gasteiger partial charge in [-0.15, -0.1) is 5.06 Å². The van der Waals surface area contributed by atoms with E-state index in [2.05, 4.69) is 10.2 Å². The second kappa shape index (κ2) is 9.53. The molecule has 0 aromatic rings. The molecule has 1 N–H and O–H groups in total. The predicted molar refractivity (Wildman–Crippen MR) is 87.5 cm³/mol. The van der Waals surface area contributed by atoms with Crippen LogP contribution in [0.1, 0.15) is 25.7 Å². The van der Waals surface area contributed by atoms with Gasteiger partial charge in [0.2, 0.25) is 5.91 Å². The molecule has 0 aromatic carbocycles. The van der Waals surface area contributed by atoms with E-state index in [4.69, 9.17) is 4.74 Å². The molecular formula is C17H18N2O8. The highest BCUT2D eigenvalue weighted by Gasteiger charge is 2.32. The van der Waals surface area contributed by atoms with Crippen LogP contribution in [0.5, 0.6) is 0 Å². The summed E-state index contributed by atoms with van der Waals surface area (Å²) in [5.41, 5.74) is -0.0186. The van der Waals surface area contributed by atoms with Crippen LogP contribution in [0.4, 0.5) is 0 Å². The van der Waals surface area contributed by atoms with Crippen molar-refractivity contribution >= 4 is 35.3 Å². The molecule has 0 aromatic heterocycles. The SMILES string of the molecule is O=C(CC=C1C(=O)C=CC1=O)NCCOCCC(=O)ON1C(=O)CCC1=O. The van der Waals surface area contributed by atoms with Crippen LogP contribution in [0.2, 0.25) is 0 Å². The summed E-state index contributed by atoms with van der Waals surface area (Å²) in [6.07, 6.45) is 3.36. The van der Waals surface area contributed by atoms with Crippen LogP contribution in [0.25, 0.3) is 0 Å². The van der Waals surface area contributed by atoms with Crippen molar-refractivity contribution in [3.63, 3.8) is 0 Å². The molecule has 10 heteroatoms. The van der Waals surface area contributed by atoms with E-state index >= 15 is 0 Å². The first kappa shape index (κ1) is 20.2. The molecular weight excluding hydrogens is 360 g/mol. The van der Waals surface area contributed by atoms with Gasteiger partial charge in [0.15, 0.2) is 11.6 Å². The summed E-state index contributed by atoms with van der Waals surface area (Å²) in [5, 5.41) is 2.99. The van der Waals surface area contributed by atoms with Crippen molar-refractivity contribution in [3.05, 3.63) is 23.8 Å². The summed E-state index contributed by atoms with van der Waals surface area (Å²) < 4.78 is 5.15. The van der Waals surface area contributed by atoms with Gasteiger partial charge in [-0.2, -0.15) is 0 Å². The maximum absolute atomic E-state index is 11.6. The molecule has 0 saturated carbocycles. The third-order valence-electron chi connectivity index (χ3n) is 3.63. The Morgan fingerprint density at radius 2 is 1.67 bits per heavy atom. The number of allylic oxidation sites excluding steroid dienone is 3. The Balaban J connectivity index is 1.53. The van der Waals surface area contributed by atoms with Gasteiger partial charge < -0.3 is 14.9 Å². The molecule has 2 aliphatic rings. The van der Waals surface area contributed by atoms with Crippen LogP contribution < -0.4 is 5.32 Å². The quantitative estimate of drug-likeness (QED) is 0.237. The lowest BCUT2D eigenvalue weighted by molar-refractivity contribution is -0.198. The number of amides is 3. The van der Waals surface area contributed by atoms with Crippen molar-refractivity contribution in [1.82, 2.24) is 10.4 Å². The molecule has 1 heterocycles. The summed E-state index contributed by atoms with van der Waals surface area (Å²) in [7, 11) is 0. The third kappa shape index (κ3) is 5.96. The number of ether oxygens (including phenoxy) is 1. The molecule has 0 atom stereocenters. The Morgan fingerprint density at radius 3 is 2.30 bits per heavy atom. The van der Waals surface area contributed by atoms with Gasteiger partial charge >= 0.3 is 5.97 Å². The number of nitrogens with one attached hydrogen (secondary N) is 1. The second-order valence-electron chi connectivity index (χ2n) is 5.64. The summed E-state index contributed by atoms with van der Waals surface area (Å²) in [6, 6.07) is 0. The number of ketones is 2. The maximum Gasteiger partial charge on any atom is 0.335 e. The Hall–Kier alpha value is -3.14. The minimum atomic E-state index is -0.770. The molecule has 2 rings (SSSR count). The molecule has 0 spiro atoms. The summed E-state index contributed by atoms with van der Waals surface area (Å²) in [5.74, 6) is -3.09. The Bertz CT molecular complexity index is 701. The number of carbonyl (C=O) groups excluding carboxylic acids is 6. The van der Waals surface area contributed by atoms with Gasteiger partial charge in [0.25, 0.3) is 11.8 Å². The van der Waals surface area contributed by atoms with Gasteiger partial charge in [0.1, 0.15) is 0 Å². The van der Waals surface area contributed by atoms with E-state index in [0.717, 1.165) is 12.2 Å². The van der Waals surface area contributed by atoms with Crippen LogP contribution in [0.15, 0.2) is 23.8 Å². The number of rotatable bonds is 9. The van der Waals surface area contributed by atoms with Gasteiger partial charge in [0.05, 0.1) is 25.2 Å². The first-order valence-electron chi connectivity index (χ1n) is 8.26. The van der Waals surface area contributed by atoms with Crippen LogP contribution >= 0.6 is 0 Å². The van der Waals surface area contributed by atoms with E-state index in [1.54, 1.807) is 0 Å². The highest BCUT2D eigenvalue weighted by molar-refractivity contribution is 6.33. The van der Waals surface area contributed by atoms with E-state index in [1.165, 1.54) is 6.08 Å². The molecule has 1 saturated heterocycles. The molecule has 0 radical (unpaired) electrons. The molecule has 27 heavy (non-hydrogen) atoms. The van der Waals surface area contributed by atoms with Crippen LogP contribution in [-0.4, -0.2) is 60.1 Å². The normalized spacial score (nSPS) is 16.3. The topological polar surface area (TPSA) is 136 Å². The average molecular weight is 378 g/mol. The zero-order valence-electron chi connectivity index (χ0n) is 14.4. The summed E-state index contributed by atoms with van der Waals surface area (Å²) in [4.78, 5) is 73.0. The van der Waals surface area contributed by atoms with E-state index in [1.807, 2.05) is 0 Å². The zero-order valence-corrected chi connectivity index (χ0v) is 14.4. The predicted octanol–water partition coefficient (Wildman–Crippen LogP) is -0.859. The van der Waals surface area contributed by atoms with Crippen molar-refractivity contribution in [2.45, 2.75) is 25.7 Å². The number of nitrogens with zero attached hydrogens (tertiary/aromatic N) is 1. The molecule has 1 fully saturated rings. The first-order valence-corrected chi connectivity index (χ1v) is 8.26. The van der Waals surface area contributed by atoms with E-state index in [0.29, 0.717) is 5.06 Å². The lowest BCUT2D eigenvalue weighted by Gasteiger charge is -2.12. The number of hydrogen-bond donors (Lipinski definition) is 1. The number of hydroxylamine groups is 2. The molecule has 10 nitrogen and oxygen atoms in total. The average Bonchev–Trinajstić information content (AvgIpc) is 3.12. The fraction of sp³-hybridized carbons (Fsp3) is 0.412. The van der Waals surface area contributed by atoms with Gasteiger partial charge in [-0.1, -0.05) is 6.08 Å². The third-order valence-corrected chi connectivity index (χ3v) is 3.63. The lowest BCUT2D eigenvalue weighted by Crippen LogP contribution is -2.32. The lowest BCUT2D eigenvalue weighted by atomic mass is 10.1. The van der Waals surface area contributed by atoms with Crippen LogP contribution in [0.3, 0.4) is 0 Å². The smallest absolute Gasteiger partial charge is 0.335 e. The fourth-order valence-corrected chi connectivity index (χ4v) is 2.25. The van der Waals surface area contributed by atoms with Crippen molar-refractivity contribution < 1.29 is 38.3 Å². The van der Waals surface area contributed by atoms with Crippen molar-refractivity contribution in [2.75, 3.05) is 19.8 Å². The number of carbonyl (C=O) groups is 6. The van der Waals surface area contributed by atoms with Crippen molar-refractivity contribution in [2.24, 2.45) is 0 Å². The Labute approximate surface area is 154 Å². The van der Waals surface area contributed by atoms with E-state index in [-0.39, 0.29) is 56.9 Å². The minimum absolute atomic E-state index is 0.0103. The molecule has 3 amide bonds. The van der Waals surface area contributed by atoms with E-state index in [9.17, 15) is 28.8 Å². The van der Waals surface area contributed by atoms with Gasteiger partial charge in [-0.25, -0.2) is 4.79 Å². The van der Waals surface area contributed by atoms with Crippen molar-refractivity contribution in [1.29, 1.82) is 0 Å². The Morgan fingerprint density at radius 1 is 1.04 bits per heavy atom. The number of imide groups is 1. The molecule has 144 valence electrons. The molecule has 0 bridgehead atoms. The summed E-state index contributed by atoms with van der Waals surface area (Å²) >= 11 is 0. The first-order chi connectivity index (χ1) is 12.9. The molecule has 1 aliphatic carbocycles. The standard InChI is InChI=1S/C17H18N2O8/c20-12-2-3-13(21)11(12)1-4-14(22)18-8-10-26-9-7-17(25)27-19-15(23)5-6-16(19)24/h1-3H,4-10H2,(H,18,22). The van der Waals surface area contributed by atoms with Gasteiger partial charge in [0, 0.05) is 25.8 Å². The monoisotopic (exact) mass is 378 g/mol. The van der Waals surface area contributed by atoms with Gasteiger partial charge in [-0.3, -0.25) is 24.0 Å². The largest absolute Gasteiger partial charge is 0.379 e. The summed E-state index contributed by atoms with van der Waals surface area (Å²) in [6.45, 7) is 0.278. The van der Waals surface area contributed by atoms with Gasteiger partial charge in [-0.05, 0) is 12.2 Å². The highest BCUT2D eigenvalue weighted by atomic mass is 16.7. The van der Waals surface area contributed by atoms with Crippen LogP contribution in [-0.2, 0) is 38.3 Å². The highest BCUT2D eigenvalue weighted by Crippen LogP contribution is 2.12. The van der Waals surface area contributed by atoms with Crippen LogP contribution in [0, 0.1) is 0 Å². The molecule has 0 unspecified atom stereocenters. The second-order valence-corrected chi connectivity index (χ2v) is 5.64. The van der Waals surface area contributed by atoms with Crippen molar-refractivity contribution in [3.8, 4) is 0 Å². The maximum atomic E-state index is 11.6. The zero-order chi connectivity index (χ0) is 19.8.